The lowest BCUT2D eigenvalue weighted by molar-refractivity contribution is -0.121. The van der Waals surface area contributed by atoms with E-state index in [1.165, 1.54) is 21.3 Å². The Labute approximate surface area is 203 Å². The van der Waals surface area contributed by atoms with Crippen LogP contribution in [0.15, 0.2) is 57.9 Å². The lowest BCUT2D eigenvalue weighted by Crippen LogP contribution is -2.48. The van der Waals surface area contributed by atoms with E-state index in [9.17, 15) is 13.2 Å². The Balaban J connectivity index is 1.22. The molecule has 1 saturated carbocycles. The van der Waals surface area contributed by atoms with Gasteiger partial charge in [0, 0.05) is 37.8 Å². The largest absolute Gasteiger partial charge is 0.482 e. The summed E-state index contributed by atoms with van der Waals surface area (Å²) in [6.45, 7) is 1.91. The van der Waals surface area contributed by atoms with Crippen LogP contribution in [-0.2, 0) is 21.4 Å². The molecule has 0 bridgehead atoms. The molecule has 2 aliphatic heterocycles. The number of rotatable bonds is 6. The highest BCUT2D eigenvalue weighted by Gasteiger charge is 2.34. The predicted molar refractivity (Wildman–Crippen MR) is 127 cm³/mol. The van der Waals surface area contributed by atoms with E-state index in [2.05, 4.69) is 15.0 Å². The summed E-state index contributed by atoms with van der Waals surface area (Å²) < 4.78 is 39.3. The van der Waals surface area contributed by atoms with Crippen molar-refractivity contribution in [2.75, 3.05) is 42.6 Å². The first-order valence-corrected chi connectivity index (χ1v) is 13.1. The van der Waals surface area contributed by atoms with Crippen LogP contribution in [0.25, 0.3) is 0 Å². The zero-order valence-corrected chi connectivity index (χ0v) is 19.9. The smallest absolute Gasteiger partial charge is 0.265 e. The summed E-state index contributed by atoms with van der Waals surface area (Å²) in [5.74, 6) is 1.44. The van der Waals surface area contributed by atoms with Crippen molar-refractivity contribution in [2.45, 2.75) is 30.2 Å². The summed E-state index contributed by atoms with van der Waals surface area (Å²) in [5, 5.41) is 4.00. The van der Waals surface area contributed by atoms with Gasteiger partial charge in [0.1, 0.15) is 5.75 Å². The van der Waals surface area contributed by atoms with Crippen LogP contribution in [0.3, 0.4) is 0 Å². The number of nitrogens with zero attached hydrogens (tertiary/aromatic N) is 5. The summed E-state index contributed by atoms with van der Waals surface area (Å²) in [6.07, 6.45) is 2.06. The molecule has 35 heavy (non-hydrogen) atoms. The number of anilines is 2. The molecule has 182 valence electrons. The van der Waals surface area contributed by atoms with Crippen molar-refractivity contribution in [1.29, 1.82) is 0 Å². The Hall–Kier alpha value is -3.44. The third-order valence-electron chi connectivity index (χ3n) is 6.58. The van der Waals surface area contributed by atoms with Gasteiger partial charge in [0.2, 0.25) is 15.9 Å². The van der Waals surface area contributed by atoms with Crippen molar-refractivity contribution in [1.82, 2.24) is 14.4 Å². The van der Waals surface area contributed by atoms with Crippen LogP contribution in [-0.4, -0.2) is 61.6 Å². The average Bonchev–Trinajstić information content (AvgIpc) is 3.64. The molecule has 3 aromatic rings. The third-order valence-corrected chi connectivity index (χ3v) is 8.48. The molecule has 1 saturated heterocycles. The van der Waals surface area contributed by atoms with Crippen LogP contribution in [0.2, 0.25) is 0 Å². The minimum Gasteiger partial charge on any atom is -0.482 e. The molecule has 3 heterocycles. The van der Waals surface area contributed by atoms with E-state index in [4.69, 9.17) is 9.26 Å². The van der Waals surface area contributed by atoms with Crippen molar-refractivity contribution in [2.24, 2.45) is 0 Å². The average molecular weight is 496 g/mol. The lowest BCUT2D eigenvalue weighted by atomic mass is 10.2. The van der Waals surface area contributed by atoms with Crippen molar-refractivity contribution in [3.05, 3.63) is 60.2 Å². The maximum Gasteiger partial charge on any atom is 0.265 e. The molecule has 0 N–H and O–H groups in total. The zero-order chi connectivity index (χ0) is 24.0. The lowest BCUT2D eigenvalue weighted by Gasteiger charge is -2.35. The highest BCUT2D eigenvalue weighted by Crippen LogP contribution is 2.39. The second-order valence-electron chi connectivity index (χ2n) is 8.95. The molecule has 3 aliphatic rings. The van der Waals surface area contributed by atoms with Crippen LogP contribution in [0.4, 0.5) is 11.4 Å². The SMILES string of the molecule is O=C1COc2ccc(S(=O)(=O)N3CCN(c4ccccc4)CC3)cc2N1Cc1noc(C2CC2)n1. The predicted octanol–water partition coefficient (Wildman–Crippen LogP) is 2.38. The number of aromatic nitrogens is 2. The Morgan fingerprint density at radius 2 is 1.77 bits per heavy atom. The van der Waals surface area contributed by atoms with Gasteiger partial charge < -0.3 is 14.2 Å². The summed E-state index contributed by atoms with van der Waals surface area (Å²) >= 11 is 0. The van der Waals surface area contributed by atoms with Crippen LogP contribution in [0.1, 0.15) is 30.5 Å². The second kappa shape index (κ2) is 8.65. The van der Waals surface area contributed by atoms with E-state index in [1.807, 2.05) is 30.3 Å². The summed E-state index contributed by atoms with van der Waals surface area (Å²) in [7, 11) is -3.75. The topological polar surface area (TPSA) is 109 Å². The molecular weight excluding hydrogens is 470 g/mol. The molecule has 0 spiro atoms. The van der Waals surface area contributed by atoms with Crippen molar-refractivity contribution in [3.8, 4) is 5.75 Å². The number of ether oxygens (including phenoxy) is 1. The van der Waals surface area contributed by atoms with Gasteiger partial charge in [-0.3, -0.25) is 9.69 Å². The molecule has 1 aliphatic carbocycles. The molecule has 0 radical (unpaired) electrons. The first-order valence-electron chi connectivity index (χ1n) is 11.7. The third kappa shape index (κ3) is 4.25. The molecule has 1 aromatic heterocycles. The number of sulfonamides is 1. The number of para-hydroxylation sites is 1. The molecule has 10 nitrogen and oxygen atoms in total. The van der Waals surface area contributed by atoms with E-state index in [0.29, 0.717) is 55.2 Å². The van der Waals surface area contributed by atoms with Gasteiger partial charge in [0.05, 0.1) is 17.1 Å². The fraction of sp³-hybridized carbons (Fsp3) is 0.375. The minimum atomic E-state index is -3.75. The van der Waals surface area contributed by atoms with Gasteiger partial charge in [-0.2, -0.15) is 9.29 Å². The highest BCUT2D eigenvalue weighted by molar-refractivity contribution is 7.89. The van der Waals surface area contributed by atoms with Gasteiger partial charge in [-0.15, -0.1) is 0 Å². The number of fused-ring (bicyclic) bond motifs is 1. The van der Waals surface area contributed by atoms with Crippen LogP contribution < -0.4 is 14.5 Å². The number of amides is 1. The maximum atomic E-state index is 13.5. The van der Waals surface area contributed by atoms with Crippen molar-refractivity contribution < 1.29 is 22.5 Å². The summed E-state index contributed by atoms with van der Waals surface area (Å²) in [4.78, 5) is 20.9. The molecule has 6 rings (SSSR count). The number of piperazine rings is 1. The minimum absolute atomic E-state index is 0.0880. The Morgan fingerprint density at radius 3 is 2.51 bits per heavy atom. The number of carbonyl (C=O) groups excluding carboxylic acids is 1. The van der Waals surface area contributed by atoms with Gasteiger partial charge in [0.25, 0.3) is 5.91 Å². The molecule has 0 unspecified atom stereocenters. The fourth-order valence-corrected chi connectivity index (χ4v) is 5.90. The van der Waals surface area contributed by atoms with E-state index < -0.39 is 10.0 Å². The molecule has 0 atom stereocenters. The van der Waals surface area contributed by atoms with Crippen LogP contribution in [0.5, 0.6) is 5.75 Å². The number of hydrogen-bond acceptors (Lipinski definition) is 8. The molecular formula is C24H25N5O5S. The number of carbonyl (C=O) groups is 1. The molecule has 11 heteroatoms. The molecule has 2 fully saturated rings. The molecule has 2 aromatic carbocycles. The number of benzene rings is 2. The van der Waals surface area contributed by atoms with Crippen molar-refractivity contribution >= 4 is 27.3 Å². The van der Waals surface area contributed by atoms with Crippen LogP contribution >= 0.6 is 0 Å². The first-order chi connectivity index (χ1) is 17.0. The normalized spacial score (nSPS) is 18.9. The fourth-order valence-electron chi connectivity index (χ4n) is 4.46. The van der Waals surface area contributed by atoms with Gasteiger partial charge in [-0.25, -0.2) is 8.42 Å². The summed E-state index contributed by atoms with van der Waals surface area (Å²) in [6, 6.07) is 14.6. The van der Waals surface area contributed by atoms with Gasteiger partial charge >= 0.3 is 0 Å². The van der Waals surface area contributed by atoms with Gasteiger partial charge in [0.15, 0.2) is 12.4 Å². The highest BCUT2D eigenvalue weighted by atomic mass is 32.2. The van der Waals surface area contributed by atoms with Gasteiger partial charge in [-0.05, 0) is 43.2 Å². The quantitative estimate of drug-likeness (QED) is 0.513. The maximum absolute atomic E-state index is 13.5. The Bertz CT molecular complexity index is 1350. The van der Waals surface area contributed by atoms with E-state index in [0.717, 1.165) is 18.5 Å². The first kappa shape index (κ1) is 22.1. The summed E-state index contributed by atoms with van der Waals surface area (Å²) in [5.41, 5.74) is 1.47. The number of hydrogen-bond donors (Lipinski definition) is 0. The van der Waals surface area contributed by atoms with E-state index in [1.54, 1.807) is 6.07 Å². The molecule has 1 amide bonds. The van der Waals surface area contributed by atoms with E-state index in [-0.39, 0.29) is 24.0 Å². The van der Waals surface area contributed by atoms with Gasteiger partial charge in [-0.1, -0.05) is 23.4 Å². The zero-order valence-electron chi connectivity index (χ0n) is 19.0. The van der Waals surface area contributed by atoms with E-state index >= 15 is 0 Å². The standard InChI is InChI=1S/C24H25N5O5S/c30-23-16-33-21-9-8-19(14-20(21)29(23)15-22-25-24(34-26-22)17-6-7-17)35(31,32)28-12-10-27(11-13-28)18-4-2-1-3-5-18/h1-5,8-9,14,17H,6-7,10-13,15-16H2. The van der Waals surface area contributed by atoms with Crippen LogP contribution in [0, 0.1) is 0 Å². The Kier molecular flexibility index (Phi) is 5.45. The monoisotopic (exact) mass is 495 g/mol. The Morgan fingerprint density at radius 1 is 1.00 bits per heavy atom. The second-order valence-corrected chi connectivity index (χ2v) is 10.9. The van der Waals surface area contributed by atoms with Crippen molar-refractivity contribution in [3.63, 3.8) is 0 Å².